The van der Waals surface area contributed by atoms with E-state index in [0.717, 1.165) is 11.8 Å². The Morgan fingerprint density at radius 1 is 0.955 bits per heavy atom. The van der Waals surface area contributed by atoms with Crippen LogP contribution in [0.1, 0.15) is 47.8 Å². The SMILES string of the molecule is CN1CC[C@H](C[C@@H]2C[C@@H](c3ccccc3)c3ccccc32)C1. The molecule has 0 N–H and O–H groups in total. The van der Waals surface area contributed by atoms with Crippen LogP contribution in [0.4, 0.5) is 0 Å². The Kier molecular flexibility index (Phi) is 3.75. The fourth-order valence-electron chi connectivity index (χ4n) is 4.58. The van der Waals surface area contributed by atoms with Crippen LogP contribution in [0.25, 0.3) is 0 Å². The van der Waals surface area contributed by atoms with Gasteiger partial charge in [0.1, 0.15) is 0 Å². The molecule has 2 aromatic carbocycles. The van der Waals surface area contributed by atoms with Gasteiger partial charge < -0.3 is 4.90 Å². The maximum absolute atomic E-state index is 2.49. The van der Waals surface area contributed by atoms with Crippen molar-refractivity contribution < 1.29 is 0 Å². The minimum Gasteiger partial charge on any atom is -0.306 e. The second-order valence-electron chi connectivity index (χ2n) is 7.18. The summed E-state index contributed by atoms with van der Waals surface area (Å²) in [6, 6.07) is 20.2. The number of hydrogen-bond acceptors (Lipinski definition) is 1. The van der Waals surface area contributed by atoms with Gasteiger partial charge in [-0.25, -0.2) is 0 Å². The van der Waals surface area contributed by atoms with Crippen LogP contribution >= 0.6 is 0 Å². The van der Waals surface area contributed by atoms with Crippen molar-refractivity contribution in [1.29, 1.82) is 0 Å². The third kappa shape index (κ3) is 2.59. The van der Waals surface area contributed by atoms with E-state index in [4.69, 9.17) is 0 Å². The molecule has 0 amide bonds. The Hall–Kier alpha value is -1.60. The maximum atomic E-state index is 2.49. The zero-order valence-corrected chi connectivity index (χ0v) is 13.4. The number of fused-ring (bicyclic) bond motifs is 1. The summed E-state index contributed by atoms with van der Waals surface area (Å²) in [7, 11) is 2.26. The number of nitrogens with zero attached hydrogens (tertiary/aromatic N) is 1. The van der Waals surface area contributed by atoms with Crippen LogP contribution in [0.3, 0.4) is 0 Å². The Balaban J connectivity index is 1.60. The Bertz CT molecular complexity index is 633. The van der Waals surface area contributed by atoms with Crippen LogP contribution < -0.4 is 0 Å². The van der Waals surface area contributed by atoms with Gasteiger partial charge in [-0.2, -0.15) is 0 Å². The summed E-state index contributed by atoms with van der Waals surface area (Å²) in [6.45, 7) is 2.57. The van der Waals surface area contributed by atoms with Crippen molar-refractivity contribution in [3.63, 3.8) is 0 Å². The number of hydrogen-bond donors (Lipinski definition) is 0. The molecule has 1 saturated heterocycles. The highest BCUT2D eigenvalue weighted by Crippen LogP contribution is 2.48. The van der Waals surface area contributed by atoms with E-state index in [1.807, 2.05) is 0 Å². The predicted molar refractivity (Wildman–Crippen MR) is 92.3 cm³/mol. The van der Waals surface area contributed by atoms with Gasteiger partial charge in [0.05, 0.1) is 0 Å². The quantitative estimate of drug-likeness (QED) is 0.796. The summed E-state index contributed by atoms with van der Waals surface area (Å²) >= 11 is 0. The molecule has 2 aliphatic rings. The van der Waals surface area contributed by atoms with E-state index in [2.05, 4.69) is 66.5 Å². The van der Waals surface area contributed by atoms with Gasteiger partial charge in [0.15, 0.2) is 0 Å². The van der Waals surface area contributed by atoms with E-state index in [0.29, 0.717) is 5.92 Å². The molecule has 0 bridgehead atoms. The van der Waals surface area contributed by atoms with Crippen LogP contribution in [0, 0.1) is 5.92 Å². The summed E-state index contributed by atoms with van der Waals surface area (Å²) in [6.07, 6.45) is 4.04. The molecular formula is C21H25N. The highest BCUT2D eigenvalue weighted by atomic mass is 15.1. The van der Waals surface area contributed by atoms with Crippen molar-refractivity contribution in [3.8, 4) is 0 Å². The number of rotatable bonds is 3. The number of likely N-dealkylation sites (tertiary alicyclic amines) is 1. The minimum atomic E-state index is 0.599. The lowest BCUT2D eigenvalue weighted by atomic mass is 9.88. The topological polar surface area (TPSA) is 3.24 Å². The largest absolute Gasteiger partial charge is 0.306 e. The lowest BCUT2D eigenvalue weighted by Crippen LogP contribution is -2.15. The zero-order valence-electron chi connectivity index (χ0n) is 13.4. The van der Waals surface area contributed by atoms with Gasteiger partial charge in [-0.05, 0) is 61.4 Å². The fraction of sp³-hybridized carbons (Fsp3) is 0.429. The molecule has 1 aliphatic heterocycles. The van der Waals surface area contributed by atoms with E-state index >= 15 is 0 Å². The average Bonchev–Trinajstić information content (AvgIpc) is 3.13. The van der Waals surface area contributed by atoms with Gasteiger partial charge in [0.2, 0.25) is 0 Å². The Labute approximate surface area is 134 Å². The molecule has 0 spiro atoms. The van der Waals surface area contributed by atoms with Crippen molar-refractivity contribution in [3.05, 3.63) is 71.3 Å². The summed E-state index contributed by atoms with van der Waals surface area (Å²) in [4.78, 5) is 2.49. The standard InChI is InChI=1S/C21H25N/c1-22-12-11-16(15-22)13-18-14-21(17-7-3-2-4-8-17)20-10-6-5-9-19(18)20/h2-10,16,18,21H,11-15H2,1H3/t16-,18-,21+/m1/s1. The fourth-order valence-corrected chi connectivity index (χ4v) is 4.58. The average molecular weight is 291 g/mol. The minimum absolute atomic E-state index is 0.599. The Morgan fingerprint density at radius 3 is 2.41 bits per heavy atom. The molecule has 1 aliphatic carbocycles. The van der Waals surface area contributed by atoms with Crippen molar-refractivity contribution in [2.24, 2.45) is 5.92 Å². The molecule has 1 heteroatoms. The van der Waals surface area contributed by atoms with Gasteiger partial charge in [-0.1, -0.05) is 54.6 Å². The summed E-state index contributed by atoms with van der Waals surface area (Å²) in [5.74, 6) is 2.23. The first kappa shape index (κ1) is 14.0. The summed E-state index contributed by atoms with van der Waals surface area (Å²) in [5, 5.41) is 0. The van der Waals surface area contributed by atoms with E-state index in [9.17, 15) is 0 Å². The molecule has 0 radical (unpaired) electrons. The normalized spacial score (nSPS) is 28.0. The molecule has 22 heavy (non-hydrogen) atoms. The third-order valence-corrected chi connectivity index (χ3v) is 5.64. The second kappa shape index (κ2) is 5.89. The van der Waals surface area contributed by atoms with Crippen LogP contribution in [0.15, 0.2) is 54.6 Å². The van der Waals surface area contributed by atoms with Gasteiger partial charge in [0.25, 0.3) is 0 Å². The van der Waals surface area contributed by atoms with Crippen LogP contribution in [-0.4, -0.2) is 25.0 Å². The molecule has 1 nitrogen and oxygen atoms in total. The molecule has 3 atom stereocenters. The van der Waals surface area contributed by atoms with Gasteiger partial charge in [-0.15, -0.1) is 0 Å². The monoisotopic (exact) mass is 291 g/mol. The van der Waals surface area contributed by atoms with Crippen molar-refractivity contribution in [2.45, 2.75) is 31.1 Å². The first-order chi connectivity index (χ1) is 10.8. The Morgan fingerprint density at radius 2 is 1.68 bits per heavy atom. The van der Waals surface area contributed by atoms with Crippen molar-refractivity contribution >= 4 is 0 Å². The molecule has 0 unspecified atom stereocenters. The van der Waals surface area contributed by atoms with Crippen LogP contribution in [-0.2, 0) is 0 Å². The first-order valence-electron chi connectivity index (χ1n) is 8.63. The highest BCUT2D eigenvalue weighted by Gasteiger charge is 2.34. The molecule has 1 fully saturated rings. The van der Waals surface area contributed by atoms with Crippen molar-refractivity contribution in [1.82, 2.24) is 4.90 Å². The lowest BCUT2D eigenvalue weighted by molar-refractivity contribution is 0.374. The van der Waals surface area contributed by atoms with E-state index < -0.39 is 0 Å². The second-order valence-corrected chi connectivity index (χ2v) is 7.18. The van der Waals surface area contributed by atoms with E-state index in [1.54, 1.807) is 11.1 Å². The van der Waals surface area contributed by atoms with Gasteiger partial charge in [-0.3, -0.25) is 0 Å². The smallest absolute Gasteiger partial charge is 0.00979 e. The first-order valence-corrected chi connectivity index (χ1v) is 8.63. The summed E-state index contributed by atoms with van der Waals surface area (Å²) < 4.78 is 0. The molecule has 4 rings (SSSR count). The molecule has 1 heterocycles. The molecule has 114 valence electrons. The molecular weight excluding hydrogens is 266 g/mol. The maximum Gasteiger partial charge on any atom is 0.00979 e. The highest BCUT2D eigenvalue weighted by molar-refractivity contribution is 5.44. The lowest BCUT2D eigenvalue weighted by Gasteiger charge is -2.17. The molecule has 0 aromatic heterocycles. The van der Waals surface area contributed by atoms with E-state index in [1.165, 1.54) is 37.9 Å². The zero-order chi connectivity index (χ0) is 14.9. The third-order valence-electron chi connectivity index (χ3n) is 5.64. The van der Waals surface area contributed by atoms with Crippen LogP contribution in [0.2, 0.25) is 0 Å². The summed E-state index contributed by atoms with van der Waals surface area (Å²) in [5.41, 5.74) is 4.68. The number of benzene rings is 2. The van der Waals surface area contributed by atoms with Crippen LogP contribution in [0.5, 0.6) is 0 Å². The van der Waals surface area contributed by atoms with Crippen molar-refractivity contribution in [2.75, 3.05) is 20.1 Å². The molecule has 2 aromatic rings. The molecule has 0 saturated carbocycles. The van der Waals surface area contributed by atoms with Gasteiger partial charge in [0, 0.05) is 12.5 Å². The van der Waals surface area contributed by atoms with E-state index in [-0.39, 0.29) is 0 Å². The predicted octanol–water partition coefficient (Wildman–Crippen LogP) is 4.65. The van der Waals surface area contributed by atoms with Gasteiger partial charge >= 0.3 is 0 Å².